The fourth-order valence-corrected chi connectivity index (χ4v) is 3.00. The summed E-state index contributed by atoms with van der Waals surface area (Å²) in [6.45, 7) is -0.0768. The summed E-state index contributed by atoms with van der Waals surface area (Å²) in [4.78, 5) is 21.8. The van der Waals surface area contributed by atoms with Gasteiger partial charge in [0.1, 0.15) is 0 Å². The van der Waals surface area contributed by atoms with Crippen LogP contribution in [0.3, 0.4) is 0 Å². The number of carbonyl (C=O) groups is 1. The normalized spacial score (nSPS) is 11.9. The Labute approximate surface area is 164 Å². The average molecular weight is 438 g/mol. The lowest BCUT2D eigenvalue weighted by Crippen LogP contribution is -2.24. The third-order valence-electron chi connectivity index (χ3n) is 3.61. The van der Waals surface area contributed by atoms with Gasteiger partial charge in [0.25, 0.3) is 5.69 Å². The number of amides is 1. The van der Waals surface area contributed by atoms with Crippen LogP contribution in [0.1, 0.15) is 16.7 Å². The first-order chi connectivity index (χ1) is 13.4. The van der Waals surface area contributed by atoms with E-state index in [4.69, 9.17) is 0 Å². The standard InChI is InChI=1S/C17H12F6N2O3S/c18-16(19,20)11-3-1-10(2-4-11)8-24-15(26)9-29-14-6-5-12(17(21,22)23)7-13(14)25(27)28/h1-7H,8-9H2,(H,24,26). The molecule has 0 aliphatic heterocycles. The van der Waals surface area contributed by atoms with E-state index in [1.807, 2.05) is 0 Å². The molecule has 0 saturated heterocycles. The Hall–Kier alpha value is -2.76. The summed E-state index contributed by atoms with van der Waals surface area (Å²) < 4.78 is 75.5. The molecule has 0 heterocycles. The van der Waals surface area contributed by atoms with Gasteiger partial charge in [-0.2, -0.15) is 26.3 Å². The van der Waals surface area contributed by atoms with Crippen molar-refractivity contribution in [3.63, 3.8) is 0 Å². The van der Waals surface area contributed by atoms with Crippen molar-refractivity contribution in [3.8, 4) is 0 Å². The molecule has 0 aliphatic rings. The highest BCUT2D eigenvalue weighted by atomic mass is 32.2. The maximum atomic E-state index is 12.7. The van der Waals surface area contributed by atoms with Gasteiger partial charge in [-0.3, -0.25) is 14.9 Å². The van der Waals surface area contributed by atoms with Crippen molar-refractivity contribution in [3.05, 3.63) is 69.3 Å². The predicted octanol–water partition coefficient (Wildman–Crippen LogP) is 5.04. The minimum atomic E-state index is -4.74. The van der Waals surface area contributed by atoms with Gasteiger partial charge in [0, 0.05) is 12.6 Å². The SMILES string of the molecule is O=C(CSc1ccc(C(F)(F)F)cc1[N+](=O)[O-])NCc1ccc(C(F)(F)F)cc1. The van der Waals surface area contributed by atoms with Gasteiger partial charge in [-0.15, -0.1) is 11.8 Å². The summed E-state index contributed by atoms with van der Waals surface area (Å²) >= 11 is 0.674. The van der Waals surface area contributed by atoms with E-state index in [0.717, 1.165) is 18.2 Å². The van der Waals surface area contributed by atoms with E-state index in [1.165, 1.54) is 12.1 Å². The van der Waals surface area contributed by atoms with Crippen LogP contribution >= 0.6 is 11.8 Å². The van der Waals surface area contributed by atoms with E-state index in [0.29, 0.717) is 29.5 Å². The van der Waals surface area contributed by atoms with Crippen LogP contribution in [-0.2, 0) is 23.7 Å². The number of benzene rings is 2. The highest BCUT2D eigenvalue weighted by molar-refractivity contribution is 8.00. The van der Waals surface area contributed by atoms with E-state index in [2.05, 4.69) is 5.32 Å². The Kier molecular flexibility index (Phi) is 6.77. The van der Waals surface area contributed by atoms with E-state index in [-0.39, 0.29) is 17.2 Å². The van der Waals surface area contributed by atoms with Crippen LogP contribution in [0.25, 0.3) is 0 Å². The molecular formula is C17H12F6N2O3S. The first kappa shape index (κ1) is 22.5. The smallest absolute Gasteiger partial charge is 0.351 e. The van der Waals surface area contributed by atoms with Crippen LogP contribution in [0.4, 0.5) is 32.0 Å². The third kappa shape index (κ3) is 6.38. The van der Waals surface area contributed by atoms with Gasteiger partial charge in [0.2, 0.25) is 5.91 Å². The third-order valence-corrected chi connectivity index (χ3v) is 4.68. The van der Waals surface area contributed by atoms with Crippen LogP contribution in [0.5, 0.6) is 0 Å². The number of thioether (sulfide) groups is 1. The zero-order valence-corrected chi connectivity index (χ0v) is 15.1. The second-order valence-electron chi connectivity index (χ2n) is 5.70. The Morgan fingerprint density at radius 3 is 2.03 bits per heavy atom. The molecule has 5 nitrogen and oxygen atoms in total. The molecule has 0 aromatic heterocycles. The van der Waals surface area contributed by atoms with E-state index in [9.17, 15) is 41.3 Å². The van der Waals surface area contributed by atoms with Crippen LogP contribution in [0.2, 0.25) is 0 Å². The Bertz CT molecular complexity index is 898. The van der Waals surface area contributed by atoms with Gasteiger partial charge in [0.15, 0.2) is 0 Å². The zero-order valence-electron chi connectivity index (χ0n) is 14.3. The van der Waals surface area contributed by atoms with Crippen molar-refractivity contribution in [2.24, 2.45) is 0 Å². The number of nitrogens with one attached hydrogen (secondary N) is 1. The molecule has 2 aromatic carbocycles. The van der Waals surface area contributed by atoms with Gasteiger partial charge >= 0.3 is 12.4 Å². The average Bonchev–Trinajstić information content (AvgIpc) is 2.63. The first-order valence-electron chi connectivity index (χ1n) is 7.79. The number of nitrogens with zero attached hydrogens (tertiary/aromatic N) is 1. The van der Waals surface area contributed by atoms with Crippen molar-refractivity contribution in [2.45, 2.75) is 23.8 Å². The predicted molar refractivity (Wildman–Crippen MR) is 92.1 cm³/mol. The number of rotatable bonds is 6. The topological polar surface area (TPSA) is 72.2 Å². The lowest BCUT2D eigenvalue weighted by molar-refractivity contribution is -0.388. The molecule has 2 rings (SSSR count). The molecule has 0 atom stereocenters. The molecule has 12 heteroatoms. The van der Waals surface area contributed by atoms with Crippen LogP contribution in [0, 0.1) is 10.1 Å². The largest absolute Gasteiger partial charge is 0.416 e. The van der Waals surface area contributed by atoms with E-state index >= 15 is 0 Å². The number of hydrogen-bond donors (Lipinski definition) is 1. The molecule has 0 bridgehead atoms. The zero-order chi connectivity index (χ0) is 21.8. The minimum Gasteiger partial charge on any atom is -0.351 e. The molecular weight excluding hydrogens is 426 g/mol. The monoisotopic (exact) mass is 438 g/mol. The van der Waals surface area contributed by atoms with Crippen molar-refractivity contribution >= 4 is 23.4 Å². The molecule has 1 N–H and O–H groups in total. The van der Waals surface area contributed by atoms with Crippen molar-refractivity contribution in [2.75, 3.05) is 5.75 Å². The maximum Gasteiger partial charge on any atom is 0.416 e. The molecule has 2 aromatic rings. The molecule has 0 saturated carbocycles. The molecule has 0 fully saturated rings. The second kappa shape index (κ2) is 8.72. The van der Waals surface area contributed by atoms with Gasteiger partial charge in [-0.25, -0.2) is 0 Å². The first-order valence-corrected chi connectivity index (χ1v) is 8.78. The van der Waals surface area contributed by atoms with Gasteiger partial charge < -0.3 is 5.32 Å². The minimum absolute atomic E-state index is 0.0768. The van der Waals surface area contributed by atoms with Crippen molar-refractivity contribution < 1.29 is 36.1 Å². The number of hydrogen-bond acceptors (Lipinski definition) is 4. The summed E-state index contributed by atoms with van der Waals surface area (Å²) in [6, 6.07) is 6.09. The quantitative estimate of drug-likeness (QED) is 0.297. The molecule has 1 amide bonds. The number of halogens is 6. The summed E-state index contributed by atoms with van der Waals surface area (Å²) in [7, 11) is 0. The molecule has 29 heavy (non-hydrogen) atoms. The van der Waals surface area contributed by atoms with Gasteiger partial charge in [-0.1, -0.05) is 12.1 Å². The van der Waals surface area contributed by atoms with E-state index in [1.54, 1.807) is 0 Å². The lowest BCUT2D eigenvalue weighted by atomic mass is 10.1. The van der Waals surface area contributed by atoms with Gasteiger partial charge in [0.05, 0.1) is 26.7 Å². The number of alkyl halides is 6. The molecule has 0 radical (unpaired) electrons. The maximum absolute atomic E-state index is 12.7. The second-order valence-corrected chi connectivity index (χ2v) is 6.71. The number of nitro benzene ring substituents is 1. The summed E-state index contributed by atoms with van der Waals surface area (Å²) in [6.07, 6.45) is -9.22. The highest BCUT2D eigenvalue weighted by Crippen LogP contribution is 2.36. The van der Waals surface area contributed by atoms with Crippen LogP contribution in [0.15, 0.2) is 47.4 Å². The van der Waals surface area contributed by atoms with Crippen molar-refractivity contribution in [1.82, 2.24) is 5.32 Å². The Morgan fingerprint density at radius 2 is 1.52 bits per heavy atom. The number of nitro groups is 1. The molecule has 156 valence electrons. The van der Waals surface area contributed by atoms with Crippen LogP contribution in [-0.4, -0.2) is 16.6 Å². The fourth-order valence-electron chi connectivity index (χ4n) is 2.16. The van der Waals surface area contributed by atoms with Gasteiger partial charge in [-0.05, 0) is 29.8 Å². The molecule has 0 spiro atoms. The molecule has 0 unspecified atom stereocenters. The summed E-state index contributed by atoms with van der Waals surface area (Å²) in [5.41, 5.74) is -2.39. The number of carbonyl (C=O) groups excluding carboxylic acids is 1. The fraction of sp³-hybridized carbons (Fsp3) is 0.235. The van der Waals surface area contributed by atoms with Crippen molar-refractivity contribution in [1.29, 1.82) is 0 Å². The summed E-state index contributed by atoms with van der Waals surface area (Å²) in [5.74, 6) is -0.920. The summed E-state index contributed by atoms with van der Waals surface area (Å²) in [5, 5.41) is 13.4. The van der Waals surface area contributed by atoms with Crippen LogP contribution < -0.4 is 5.32 Å². The Morgan fingerprint density at radius 1 is 0.966 bits per heavy atom. The lowest BCUT2D eigenvalue weighted by Gasteiger charge is -2.10. The molecule has 0 aliphatic carbocycles. The highest BCUT2D eigenvalue weighted by Gasteiger charge is 2.33. The van der Waals surface area contributed by atoms with E-state index < -0.39 is 40.0 Å². The Balaban J connectivity index is 1.96.